The van der Waals surface area contributed by atoms with Gasteiger partial charge in [-0.25, -0.2) is 4.79 Å². The number of ether oxygens (including phenoxy) is 1. The zero-order chi connectivity index (χ0) is 11.9. The molecule has 1 aliphatic carbocycles. The molecule has 1 aromatic rings. The highest BCUT2D eigenvalue weighted by Gasteiger charge is 2.16. The van der Waals surface area contributed by atoms with Crippen molar-refractivity contribution in [2.24, 2.45) is 0 Å². The molecule has 0 aliphatic heterocycles. The maximum absolute atomic E-state index is 11.5. The molecule has 0 saturated heterocycles. The molecule has 1 atom stereocenters. The maximum atomic E-state index is 11.5. The maximum Gasteiger partial charge on any atom is 0.407 e. The van der Waals surface area contributed by atoms with Gasteiger partial charge in [0.05, 0.1) is 0 Å². The second-order valence-electron chi connectivity index (χ2n) is 4.33. The Bertz CT molecular complexity index is 344. The number of benzene rings is 1. The van der Waals surface area contributed by atoms with E-state index in [2.05, 4.69) is 11.7 Å². The minimum atomic E-state index is -0.322. The van der Waals surface area contributed by atoms with Crippen LogP contribution in [0.5, 0.6) is 0 Å². The fraction of sp³-hybridized carbons (Fsp3) is 0.429. The average molecular weight is 232 g/mol. The Labute approximate surface area is 102 Å². The van der Waals surface area contributed by atoms with Gasteiger partial charge >= 0.3 is 6.09 Å². The number of rotatable bonds is 3. The highest BCUT2D eigenvalue weighted by atomic mass is 16.5. The van der Waals surface area contributed by atoms with Crippen LogP contribution in [0.4, 0.5) is 4.79 Å². The predicted octanol–water partition coefficient (Wildman–Crippen LogP) is 3.06. The summed E-state index contributed by atoms with van der Waals surface area (Å²) >= 11 is 0. The van der Waals surface area contributed by atoms with Crippen LogP contribution >= 0.6 is 0 Å². The van der Waals surface area contributed by atoms with E-state index < -0.39 is 0 Å². The zero-order valence-electron chi connectivity index (χ0n) is 9.89. The summed E-state index contributed by atoms with van der Waals surface area (Å²) in [5, 5.41) is 2.87. The summed E-state index contributed by atoms with van der Waals surface area (Å²) in [6, 6.07) is 9.89. The molecule has 1 fully saturated rings. The van der Waals surface area contributed by atoms with Gasteiger partial charge in [0.1, 0.15) is 6.61 Å². The van der Waals surface area contributed by atoms with Crippen LogP contribution in [0, 0.1) is 6.42 Å². The monoisotopic (exact) mass is 232 g/mol. The van der Waals surface area contributed by atoms with Crippen molar-refractivity contribution in [3.63, 3.8) is 0 Å². The summed E-state index contributed by atoms with van der Waals surface area (Å²) < 4.78 is 5.16. The number of carbonyl (C=O) groups is 1. The number of hydrogen-bond donors (Lipinski definition) is 1. The minimum absolute atomic E-state index is 0.187. The van der Waals surface area contributed by atoms with Crippen LogP contribution < -0.4 is 5.32 Å². The molecular weight excluding hydrogens is 214 g/mol. The van der Waals surface area contributed by atoms with Gasteiger partial charge in [0, 0.05) is 6.04 Å². The summed E-state index contributed by atoms with van der Waals surface area (Å²) in [6.07, 6.45) is 6.37. The molecule has 0 bridgehead atoms. The Morgan fingerprint density at radius 3 is 2.82 bits per heavy atom. The van der Waals surface area contributed by atoms with Crippen LogP contribution in [0.3, 0.4) is 0 Å². The molecule has 0 spiro atoms. The fourth-order valence-electron chi connectivity index (χ4n) is 1.99. The van der Waals surface area contributed by atoms with Gasteiger partial charge < -0.3 is 10.1 Å². The van der Waals surface area contributed by atoms with Crippen molar-refractivity contribution in [2.45, 2.75) is 38.3 Å². The normalized spacial score (nSPS) is 16.5. The topological polar surface area (TPSA) is 38.3 Å². The van der Waals surface area contributed by atoms with Crippen LogP contribution in [-0.4, -0.2) is 12.1 Å². The molecule has 1 unspecified atom stereocenters. The Hall–Kier alpha value is -1.51. The van der Waals surface area contributed by atoms with Crippen molar-refractivity contribution in [3.8, 4) is 0 Å². The third-order valence-electron chi connectivity index (χ3n) is 2.94. The van der Waals surface area contributed by atoms with Gasteiger partial charge in [-0.2, -0.15) is 0 Å². The van der Waals surface area contributed by atoms with Gasteiger partial charge in [0.25, 0.3) is 0 Å². The van der Waals surface area contributed by atoms with Crippen molar-refractivity contribution < 1.29 is 9.53 Å². The van der Waals surface area contributed by atoms with E-state index >= 15 is 0 Å². The van der Waals surface area contributed by atoms with Crippen molar-refractivity contribution in [1.82, 2.24) is 5.32 Å². The molecule has 0 heterocycles. The predicted molar refractivity (Wildman–Crippen MR) is 66.3 cm³/mol. The van der Waals surface area contributed by atoms with Crippen LogP contribution in [0.15, 0.2) is 30.3 Å². The fourth-order valence-corrected chi connectivity index (χ4v) is 1.99. The first-order valence-electron chi connectivity index (χ1n) is 6.15. The molecule has 91 valence electrons. The quantitative estimate of drug-likeness (QED) is 0.869. The molecule has 0 aromatic heterocycles. The van der Waals surface area contributed by atoms with E-state index in [9.17, 15) is 4.79 Å². The van der Waals surface area contributed by atoms with Gasteiger partial charge in [-0.05, 0) is 24.8 Å². The smallest absolute Gasteiger partial charge is 0.407 e. The molecular formula is C14H18NO2. The molecule has 1 aliphatic rings. The van der Waals surface area contributed by atoms with Crippen molar-refractivity contribution in [3.05, 3.63) is 42.3 Å². The molecule has 1 N–H and O–H groups in total. The van der Waals surface area contributed by atoms with Crippen LogP contribution in [0.2, 0.25) is 0 Å². The van der Waals surface area contributed by atoms with E-state index in [1.54, 1.807) is 0 Å². The number of carbonyl (C=O) groups excluding carboxylic acids is 1. The lowest BCUT2D eigenvalue weighted by molar-refractivity contribution is 0.135. The number of nitrogens with one attached hydrogen (secondary N) is 1. The SMILES string of the molecule is O=C(NC1[CH]CCCC1)OCc1ccccc1. The number of hydrogen-bond acceptors (Lipinski definition) is 2. The molecule has 1 radical (unpaired) electrons. The van der Waals surface area contributed by atoms with Gasteiger partial charge in [-0.3, -0.25) is 0 Å². The zero-order valence-corrected chi connectivity index (χ0v) is 9.89. The lowest BCUT2D eigenvalue weighted by atomic mass is 9.96. The van der Waals surface area contributed by atoms with E-state index in [-0.39, 0.29) is 12.1 Å². The summed E-state index contributed by atoms with van der Waals surface area (Å²) in [5.41, 5.74) is 1.01. The van der Waals surface area contributed by atoms with Crippen LogP contribution in [-0.2, 0) is 11.3 Å². The van der Waals surface area contributed by atoms with E-state index in [4.69, 9.17) is 4.74 Å². The lowest BCUT2D eigenvalue weighted by Crippen LogP contribution is -2.36. The summed E-state index contributed by atoms with van der Waals surface area (Å²) in [6.45, 7) is 0.333. The number of amides is 1. The van der Waals surface area contributed by atoms with Gasteiger partial charge in [-0.15, -0.1) is 0 Å². The summed E-state index contributed by atoms with van der Waals surface area (Å²) in [5.74, 6) is 0. The lowest BCUT2D eigenvalue weighted by Gasteiger charge is -2.21. The van der Waals surface area contributed by atoms with Crippen molar-refractivity contribution in [2.75, 3.05) is 0 Å². The van der Waals surface area contributed by atoms with Crippen molar-refractivity contribution in [1.29, 1.82) is 0 Å². The molecule has 1 amide bonds. The third kappa shape index (κ3) is 4.10. The van der Waals surface area contributed by atoms with Crippen LogP contribution in [0.1, 0.15) is 31.2 Å². The first-order valence-corrected chi connectivity index (χ1v) is 6.15. The van der Waals surface area contributed by atoms with Crippen molar-refractivity contribution >= 4 is 6.09 Å². The van der Waals surface area contributed by atoms with Gasteiger partial charge in [-0.1, -0.05) is 43.2 Å². The van der Waals surface area contributed by atoms with E-state index in [1.165, 1.54) is 12.8 Å². The Kier molecular flexibility index (Phi) is 4.42. The Balaban J connectivity index is 1.70. The molecule has 17 heavy (non-hydrogen) atoms. The van der Waals surface area contributed by atoms with E-state index in [1.807, 2.05) is 30.3 Å². The summed E-state index contributed by atoms with van der Waals surface area (Å²) in [7, 11) is 0. The highest BCUT2D eigenvalue weighted by Crippen LogP contribution is 2.16. The van der Waals surface area contributed by atoms with E-state index in [0.717, 1.165) is 18.4 Å². The highest BCUT2D eigenvalue weighted by molar-refractivity contribution is 5.67. The standard InChI is InChI=1S/C14H18NO2/c16-14(15-13-9-5-2-6-10-13)17-11-12-7-3-1-4-8-12/h1,3-4,7-9,13H,2,5-6,10-11H2,(H,15,16). The van der Waals surface area contributed by atoms with E-state index in [0.29, 0.717) is 6.61 Å². The minimum Gasteiger partial charge on any atom is -0.445 e. The average Bonchev–Trinajstić information content (AvgIpc) is 2.39. The Morgan fingerprint density at radius 1 is 1.29 bits per heavy atom. The summed E-state index contributed by atoms with van der Waals surface area (Å²) in [4.78, 5) is 11.5. The first kappa shape index (κ1) is 12.0. The molecule has 3 heteroatoms. The molecule has 3 nitrogen and oxygen atoms in total. The molecule has 1 saturated carbocycles. The largest absolute Gasteiger partial charge is 0.445 e. The Morgan fingerprint density at radius 2 is 2.12 bits per heavy atom. The second kappa shape index (κ2) is 6.28. The van der Waals surface area contributed by atoms with Crippen LogP contribution in [0.25, 0.3) is 0 Å². The number of alkyl carbamates (subject to hydrolysis) is 1. The third-order valence-corrected chi connectivity index (χ3v) is 2.94. The van der Waals surface area contributed by atoms with Gasteiger partial charge in [0.2, 0.25) is 0 Å². The molecule has 2 rings (SSSR count). The molecule has 1 aromatic carbocycles. The van der Waals surface area contributed by atoms with Gasteiger partial charge in [0.15, 0.2) is 0 Å². The first-order chi connectivity index (χ1) is 8.34. The second-order valence-corrected chi connectivity index (χ2v) is 4.33.